The number of nitrogens with one attached hydrogen (secondary N) is 1. The molecule has 82 valence electrons. The summed E-state index contributed by atoms with van der Waals surface area (Å²) in [6, 6.07) is 0. The van der Waals surface area contributed by atoms with Crippen LogP contribution in [0.2, 0.25) is 0 Å². The zero-order valence-electron chi connectivity index (χ0n) is 8.19. The maximum atomic E-state index is 11.1. The highest BCUT2D eigenvalue weighted by atomic mass is 32.1. The molecule has 0 aromatic carbocycles. The van der Waals surface area contributed by atoms with Crippen LogP contribution in [0.3, 0.4) is 0 Å². The Labute approximate surface area is 90.5 Å². The van der Waals surface area contributed by atoms with Gasteiger partial charge in [-0.2, -0.15) is 4.37 Å². The molecule has 6 nitrogen and oxygen atoms in total. The van der Waals surface area contributed by atoms with Crippen LogP contribution in [0.25, 0.3) is 0 Å². The molecule has 1 aliphatic heterocycles. The molecule has 2 N–H and O–H groups in total. The van der Waals surface area contributed by atoms with Crippen LogP contribution in [-0.2, 0) is 9.53 Å². The first-order valence-electron chi connectivity index (χ1n) is 4.52. The fourth-order valence-electron chi connectivity index (χ4n) is 1.44. The van der Waals surface area contributed by atoms with Crippen molar-refractivity contribution in [3.05, 3.63) is 5.82 Å². The Balaban J connectivity index is 2.17. The maximum absolute atomic E-state index is 11.1. The molecule has 0 amide bonds. The number of nitrogens with zero attached hydrogens (tertiary/aromatic N) is 2. The number of carboxylic acid groups (broad SMARTS) is 1. The molecule has 0 bridgehead atoms. The number of ether oxygens (including phenoxy) is 1. The molecule has 0 spiro atoms. The minimum atomic E-state index is -1.04. The fraction of sp³-hybridized carbons (Fsp3) is 0.625. The zero-order chi connectivity index (χ0) is 10.9. The Kier molecular flexibility index (Phi) is 2.57. The smallest absolute Gasteiger partial charge is 0.331 e. The molecule has 1 aromatic heterocycles. The molecule has 1 aliphatic rings. The van der Waals surface area contributed by atoms with Crippen LogP contribution in [0, 0.1) is 6.92 Å². The van der Waals surface area contributed by atoms with Crippen LogP contribution in [0.5, 0.6) is 0 Å². The van der Waals surface area contributed by atoms with Crippen LogP contribution in [0.4, 0.5) is 5.13 Å². The number of hydrogen-bond donors (Lipinski definition) is 2. The van der Waals surface area contributed by atoms with E-state index in [1.54, 1.807) is 6.92 Å². The summed E-state index contributed by atoms with van der Waals surface area (Å²) in [6.07, 6.45) is 0.445. The van der Waals surface area contributed by atoms with E-state index in [2.05, 4.69) is 14.7 Å². The summed E-state index contributed by atoms with van der Waals surface area (Å²) in [7, 11) is 0. The molecule has 0 radical (unpaired) electrons. The van der Waals surface area contributed by atoms with Gasteiger partial charge in [0.1, 0.15) is 5.82 Å². The predicted octanol–water partition coefficient (Wildman–Crippen LogP) is 0.502. The first-order chi connectivity index (χ1) is 7.12. The molecule has 0 aliphatic carbocycles. The highest BCUT2D eigenvalue weighted by molar-refractivity contribution is 7.09. The summed E-state index contributed by atoms with van der Waals surface area (Å²) in [5.74, 6) is -0.269. The number of anilines is 1. The lowest BCUT2D eigenvalue weighted by Crippen LogP contribution is -2.47. The summed E-state index contributed by atoms with van der Waals surface area (Å²) in [5, 5.41) is 12.6. The Morgan fingerprint density at radius 2 is 2.53 bits per heavy atom. The molecule has 0 saturated carbocycles. The van der Waals surface area contributed by atoms with Gasteiger partial charge in [-0.05, 0) is 6.92 Å². The fourth-order valence-corrected chi connectivity index (χ4v) is 2.11. The molecule has 7 heteroatoms. The number of aromatic nitrogens is 2. The van der Waals surface area contributed by atoms with Gasteiger partial charge in [0.25, 0.3) is 0 Å². The third kappa shape index (κ3) is 1.93. The van der Waals surface area contributed by atoms with Crippen molar-refractivity contribution >= 4 is 22.6 Å². The van der Waals surface area contributed by atoms with Crippen LogP contribution < -0.4 is 5.32 Å². The second-order valence-corrected chi connectivity index (χ2v) is 4.21. The van der Waals surface area contributed by atoms with Crippen molar-refractivity contribution in [3.8, 4) is 0 Å². The summed E-state index contributed by atoms with van der Waals surface area (Å²) in [4.78, 5) is 15.2. The number of rotatable bonds is 3. The molecule has 1 aromatic rings. The Bertz CT molecular complexity index is 373. The Morgan fingerprint density at radius 3 is 3.00 bits per heavy atom. The topological polar surface area (TPSA) is 84.3 Å². The summed E-state index contributed by atoms with van der Waals surface area (Å²) < 4.78 is 9.10. The molecule has 1 atom stereocenters. The van der Waals surface area contributed by atoms with Crippen molar-refractivity contribution in [2.45, 2.75) is 18.9 Å². The summed E-state index contributed by atoms with van der Waals surface area (Å²) >= 11 is 1.16. The Hall–Kier alpha value is -1.21. The second-order valence-electron chi connectivity index (χ2n) is 3.46. The van der Waals surface area contributed by atoms with Crippen LogP contribution in [0.1, 0.15) is 12.2 Å². The molecule has 2 rings (SSSR count). The number of carbonyl (C=O) groups is 1. The van der Waals surface area contributed by atoms with E-state index in [1.165, 1.54) is 0 Å². The predicted molar refractivity (Wildman–Crippen MR) is 54.1 cm³/mol. The van der Waals surface area contributed by atoms with Gasteiger partial charge in [0, 0.05) is 24.6 Å². The molecule has 2 heterocycles. The normalized spacial score (nSPS) is 25.4. The average Bonchev–Trinajstić information content (AvgIpc) is 2.77. The van der Waals surface area contributed by atoms with E-state index < -0.39 is 11.5 Å². The summed E-state index contributed by atoms with van der Waals surface area (Å²) in [5.41, 5.74) is -1.04. The third-order valence-corrected chi connectivity index (χ3v) is 3.03. The van der Waals surface area contributed by atoms with E-state index in [0.717, 1.165) is 11.5 Å². The van der Waals surface area contributed by atoms with Crippen molar-refractivity contribution in [2.75, 3.05) is 18.5 Å². The van der Waals surface area contributed by atoms with Gasteiger partial charge in [-0.1, -0.05) is 0 Å². The lowest BCUT2D eigenvalue weighted by Gasteiger charge is -2.22. The van der Waals surface area contributed by atoms with Crippen molar-refractivity contribution in [2.24, 2.45) is 0 Å². The number of carboxylic acids is 1. The number of aryl methyl sites for hydroxylation is 1. The van der Waals surface area contributed by atoms with Crippen LogP contribution in [-0.4, -0.2) is 39.2 Å². The van der Waals surface area contributed by atoms with Crippen molar-refractivity contribution in [1.82, 2.24) is 9.36 Å². The number of hydrogen-bond acceptors (Lipinski definition) is 6. The van der Waals surface area contributed by atoms with E-state index >= 15 is 0 Å². The van der Waals surface area contributed by atoms with E-state index in [1.807, 2.05) is 0 Å². The molecule has 1 fully saturated rings. The van der Waals surface area contributed by atoms with Crippen LogP contribution >= 0.6 is 11.5 Å². The zero-order valence-corrected chi connectivity index (χ0v) is 9.00. The highest BCUT2D eigenvalue weighted by Gasteiger charge is 2.43. The van der Waals surface area contributed by atoms with E-state index in [0.29, 0.717) is 24.0 Å². The van der Waals surface area contributed by atoms with Gasteiger partial charge in [-0.3, -0.25) is 0 Å². The van der Waals surface area contributed by atoms with Crippen molar-refractivity contribution < 1.29 is 14.6 Å². The van der Waals surface area contributed by atoms with Crippen molar-refractivity contribution in [1.29, 1.82) is 0 Å². The average molecular weight is 229 g/mol. The third-order valence-electron chi connectivity index (χ3n) is 2.30. The first-order valence-corrected chi connectivity index (χ1v) is 5.29. The van der Waals surface area contributed by atoms with Gasteiger partial charge < -0.3 is 15.2 Å². The largest absolute Gasteiger partial charge is 0.479 e. The van der Waals surface area contributed by atoms with Crippen LogP contribution in [0.15, 0.2) is 0 Å². The molecule has 1 saturated heterocycles. The standard InChI is InChI=1S/C8H11N3O3S/c1-5-9-7(15-11-5)10-8(6(12)13)2-3-14-4-8/h2-4H2,1H3,(H,12,13)(H,9,10,11). The monoisotopic (exact) mass is 229 g/mol. The summed E-state index contributed by atoms with van der Waals surface area (Å²) in [6.45, 7) is 2.39. The molecular formula is C8H11N3O3S. The van der Waals surface area contributed by atoms with Gasteiger partial charge >= 0.3 is 5.97 Å². The SMILES string of the molecule is Cc1nsc(NC2(C(=O)O)CCOC2)n1. The van der Waals surface area contributed by atoms with Gasteiger partial charge in [0.2, 0.25) is 5.13 Å². The van der Waals surface area contributed by atoms with E-state index in [-0.39, 0.29) is 6.61 Å². The van der Waals surface area contributed by atoms with Gasteiger partial charge in [0.15, 0.2) is 5.54 Å². The maximum Gasteiger partial charge on any atom is 0.331 e. The van der Waals surface area contributed by atoms with E-state index in [9.17, 15) is 4.79 Å². The minimum Gasteiger partial charge on any atom is -0.479 e. The number of aliphatic carboxylic acids is 1. The lowest BCUT2D eigenvalue weighted by atomic mass is 10.00. The van der Waals surface area contributed by atoms with E-state index in [4.69, 9.17) is 9.84 Å². The van der Waals surface area contributed by atoms with Gasteiger partial charge in [-0.15, -0.1) is 0 Å². The quantitative estimate of drug-likeness (QED) is 0.785. The van der Waals surface area contributed by atoms with Gasteiger partial charge in [-0.25, -0.2) is 9.78 Å². The molecule has 15 heavy (non-hydrogen) atoms. The second kappa shape index (κ2) is 3.74. The lowest BCUT2D eigenvalue weighted by molar-refractivity contribution is -0.142. The molecule has 1 unspecified atom stereocenters. The molecular weight excluding hydrogens is 218 g/mol. The minimum absolute atomic E-state index is 0.168. The van der Waals surface area contributed by atoms with Crippen molar-refractivity contribution in [3.63, 3.8) is 0 Å². The first kappa shape index (κ1) is 10.3. The highest BCUT2D eigenvalue weighted by Crippen LogP contribution is 2.25. The van der Waals surface area contributed by atoms with Gasteiger partial charge in [0.05, 0.1) is 6.61 Å². The Morgan fingerprint density at radius 1 is 1.73 bits per heavy atom.